The Morgan fingerprint density at radius 2 is 1.75 bits per heavy atom. The van der Waals surface area contributed by atoms with Crippen molar-refractivity contribution in [3.63, 3.8) is 0 Å². The lowest BCUT2D eigenvalue weighted by Crippen LogP contribution is -2.30. The van der Waals surface area contributed by atoms with E-state index >= 15 is 0 Å². The number of nitro groups is 1. The van der Waals surface area contributed by atoms with E-state index in [1.165, 1.54) is 10.7 Å². The van der Waals surface area contributed by atoms with E-state index in [9.17, 15) is 19.7 Å². The average molecular weight is 435 g/mol. The van der Waals surface area contributed by atoms with Gasteiger partial charge in [-0.3, -0.25) is 24.4 Å². The van der Waals surface area contributed by atoms with Gasteiger partial charge in [-0.2, -0.15) is 0 Å². The monoisotopic (exact) mass is 435 g/mol. The zero-order valence-electron chi connectivity index (χ0n) is 18.1. The fourth-order valence-electron chi connectivity index (χ4n) is 4.11. The highest BCUT2D eigenvalue weighted by Gasteiger charge is 2.24. The van der Waals surface area contributed by atoms with Gasteiger partial charge in [0.15, 0.2) is 0 Å². The molecule has 32 heavy (non-hydrogen) atoms. The Labute approximate surface area is 185 Å². The van der Waals surface area contributed by atoms with E-state index in [1.54, 1.807) is 42.9 Å². The number of amides is 1. The Bertz CT molecular complexity index is 1220. The molecule has 1 fully saturated rings. The number of hydrogen-bond acceptors (Lipinski definition) is 5. The molecule has 9 nitrogen and oxygen atoms in total. The summed E-state index contributed by atoms with van der Waals surface area (Å²) in [6, 6.07) is 13.6. The highest BCUT2D eigenvalue weighted by Crippen LogP contribution is 2.31. The molecule has 0 aliphatic carbocycles. The van der Waals surface area contributed by atoms with Crippen molar-refractivity contribution in [3.8, 4) is 5.69 Å². The van der Waals surface area contributed by atoms with Crippen LogP contribution in [0.3, 0.4) is 0 Å². The Morgan fingerprint density at radius 3 is 2.41 bits per heavy atom. The van der Waals surface area contributed by atoms with Crippen molar-refractivity contribution in [1.82, 2.24) is 9.36 Å². The average Bonchev–Trinajstić information content (AvgIpc) is 3.02. The molecule has 1 aliphatic rings. The molecular formula is C23H25N5O4. The molecule has 1 aromatic heterocycles. The van der Waals surface area contributed by atoms with Crippen LogP contribution in [0.15, 0.2) is 53.3 Å². The van der Waals surface area contributed by atoms with E-state index in [1.807, 2.05) is 23.1 Å². The topological polar surface area (TPSA) is 102 Å². The third-order valence-electron chi connectivity index (χ3n) is 5.92. The molecule has 1 amide bonds. The van der Waals surface area contributed by atoms with Gasteiger partial charge in [0.25, 0.3) is 17.2 Å². The maximum absolute atomic E-state index is 13.0. The van der Waals surface area contributed by atoms with E-state index < -0.39 is 10.8 Å². The highest BCUT2D eigenvalue weighted by molar-refractivity contribution is 6.05. The van der Waals surface area contributed by atoms with Crippen LogP contribution < -0.4 is 15.8 Å². The first-order chi connectivity index (χ1) is 15.4. The first-order valence-electron chi connectivity index (χ1n) is 10.6. The van der Waals surface area contributed by atoms with E-state index in [4.69, 9.17) is 0 Å². The molecule has 0 unspecified atom stereocenters. The molecule has 3 aromatic rings. The normalized spacial score (nSPS) is 13.8. The number of carbonyl (C=O) groups excluding carboxylic acids is 1. The second-order valence-electron chi connectivity index (χ2n) is 7.90. The maximum atomic E-state index is 13.0. The molecule has 2 aromatic carbocycles. The minimum absolute atomic E-state index is 0.106. The lowest BCUT2D eigenvalue weighted by atomic mass is 10.1. The number of nitro benzene ring substituents is 1. The minimum Gasteiger partial charge on any atom is -0.366 e. The summed E-state index contributed by atoms with van der Waals surface area (Å²) in [6.07, 6.45) is 3.09. The van der Waals surface area contributed by atoms with E-state index in [0.717, 1.165) is 32.4 Å². The van der Waals surface area contributed by atoms with Crippen molar-refractivity contribution in [2.24, 2.45) is 7.05 Å². The molecule has 2 heterocycles. The number of rotatable bonds is 5. The molecule has 166 valence electrons. The van der Waals surface area contributed by atoms with Crippen LogP contribution in [-0.4, -0.2) is 33.3 Å². The number of hydrogen-bond donors (Lipinski definition) is 1. The van der Waals surface area contributed by atoms with Crippen LogP contribution in [0, 0.1) is 17.0 Å². The molecule has 0 radical (unpaired) electrons. The van der Waals surface area contributed by atoms with Gasteiger partial charge >= 0.3 is 0 Å². The Balaban J connectivity index is 1.66. The number of piperidine rings is 1. The molecule has 4 rings (SSSR count). The van der Waals surface area contributed by atoms with Crippen molar-refractivity contribution in [2.45, 2.75) is 26.2 Å². The van der Waals surface area contributed by atoms with Crippen LogP contribution in [-0.2, 0) is 7.05 Å². The van der Waals surface area contributed by atoms with Crippen molar-refractivity contribution < 1.29 is 9.72 Å². The third kappa shape index (κ3) is 3.89. The Morgan fingerprint density at radius 1 is 1.06 bits per heavy atom. The summed E-state index contributed by atoms with van der Waals surface area (Å²) < 4.78 is 3.13. The van der Waals surface area contributed by atoms with Crippen molar-refractivity contribution in [3.05, 3.63) is 80.3 Å². The molecule has 0 spiro atoms. The summed E-state index contributed by atoms with van der Waals surface area (Å²) in [5, 5.41) is 14.4. The standard InChI is InChI=1S/C23H25N5O4/c1-16-21(23(30)27(25(16)2)18-9-5-3-6-10-18)24-22(29)17-11-12-19(20(15-17)28(31)32)26-13-7-4-8-14-26/h3,5-6,9-12,15H,4,7-8,13-14H2,1-2H3,(H,24,29). The molecule has 0 bridgehead atoms. The predicted octanol–water partition coefficient (Wildman–Crippen LogP) is 3.64. The van der Waals surface area contributed by atoms with E-state index in [2.05, 4.69) is 5.32 Å². The van der Waals surface area contributed by atoms with Crippen LogP contribution in [0.2, 0.25) is 0 Å². The smallest absolute Gasteiger partial charge is 0.295 e. The van der Waals surface area contributed by atoms with Gasteiger partial charge < -0.3 is 10.2 Å². The number of nitrogens with one attached hydrogen (secondary N) is 1. The molecule has 1 N–H and O–H groups in total. The first kappa shape index (κ1) is 21.4. The number of nitrogens with zero attached hydrogens (tertiary/aromatic N) is 4. The Hall–Kier alpha value is -3.88. The number of anilines is 2. The number of carbonyl (C=O) groups is 1. The fourth-order valence-corrected chi connectivity index (χ4v) is 4.11. The molecule has 1 aliphatic heterocycles. The zero-order valence-corrected chi connectivity index (χ0v) is 18.1. The van der Waals surface area contributed by atoms with Crippen LogP contribution in [0.4, 0.5) is 17.1 Å². The quantitative estimate of drug-likeness (QED) is 0.487. The number of para-hydroxylation sites is 1. The first-order valence-corrected chi connectivity index (χ1v) is 10.6. The third-order valence-corrected chi connectivity index (χ3v) is 5.92. The summed E-state index contributed by atoms with van der Waals surface area (Å²) in [7, 11) is 1.73. The second kappa shape index (κ2) is 8.70. The highest BCUT2D eigenvalue weighted by atomic mass is 16.6. The molecule has 0 saturated carbocycles. The van der Waals surface area contributed by atoms with Gasteiger partial charge in [0.1, 0.15) is 11.4 Å². The van der Waals surface area contributed by atoms with Crippen LogP contribution in [0.1, 0.15) is 35.3 Å². The van der Waals surface area contributed by atoms with Crippen LogP contribution in [0.5, 0.6) is 0 Å². The van der Waals surface area contributed by atoms with Gasteiger partial charge in [-0.15, -0.1) is 0 Å². The van der Waals surface area contributed by atoms with Gasteiger partial charge in [-0.05, 0) is 50.5 Å². The lowest BCUT2D eigenvalue weighted by molar-refractivity contribution is -0.384. The van der Waals surface area contributed by atoms with Gasteiger partial charge in [-0.25, -0.2) is 4.68 Å². The number of benzene rings is 2. The molecule has 9 heteroatoms. The fraction of sp³-hybridized carbons (Fsp3) is 0.304. The SMILES string of the molecule is Cc1c(NC(=O)c2ccc(N3CCCCC3)c([N+](=O)[O-])c2)c(=O)n(-c2ccccc2)n1C. The summed E-state index contributed by atoms with van der Waals surface area (Å²) in [6.45, 7) is 3.25. The second-order valence-corrected chi connectivity index (χ2v) is 7.90. The van der Waals surface area contributed by atoms with Crippen LogP contribution in [0.25, 0.3) is 5.69 Å². The maximum Gasteiger partial charge on any atom is 0.295 e. The van der Waals surface area contributed by atoms with E-state index in [0.29, 0.717) is 17.1 Å². The van der Waals surface area contributed by atoms with Gasteiger partial charge in [0.2, 0.25) is 0 Å². The van der Waals surface area contributed by atoms with Crippen molar-refractivity contribution in [1.29, 1.82) is 0 Å². The lowest BCUT2D eigenvalue weighted by Gasteiger charge is -2.28. The van der Waals surface area contributed by atoms with Crippen molar-refractivity contribution in [2.75, 3.05) is 23.3 Å². The largest absolute Gasteiger partial charge is 0.366 e. The Kier molecular flexibility index (Phi) is 5.81. The predicted molar refractivity (Wildman–Crippen MR) is 123 cm³/mol. The zero-order chi connectivity index (χ0) is 22.8. The van der Waals surface area contributed by atoms with Gasteiger partial charge in [0.05, 0.1) is 16.3 Å². The number of aromatic nitrogens is 2. The summed E-state index contributed by atoms with van der Waals surface area (Å²) >= 11 is 0. The van der Waals surface area contributed by atoms with Gasteiger partial charge in [-0.1, -0.05) is 18.2 Å². The van der Waals surface area contributed by atoms with Gasteiger partial charge in [0, 0.05) is 31.8 Å². The van der Waals surface area contributed by atoms with Crippen LogP contribution >= 0.6 is 0 Å². The summed E-state index contributed by atoms with van der Waals surface area (Å²) in [5.41, 5.74) is 1.57. The minimum atomic E-state index is -0.565. The van der Waals surface area contributed by atoms with E-state index in [-0.39, 0.29) is 22.5 Å². The summed E-state index contributed by atoms with van der Waals surface area (Å²) in [4.78, 5) is 39.2. The molecule has 1 saturated heterocycles. The molecule has 0 atom stereocenters. The molecular weight excluding hydrogens is 410 g/mol. The van der Waals surface area contributed by atoms with Crippen molar-refractivity contribution >= 4 is 23.0 Å². The summed E-state index contributed by atoms with van der Waals surface area (Å²) in [5.74, 6) is -0.565.